The molecule has 1 heterocycles. The second kappa shape index (κ2) is 8.56. The average molecular weight is 402 g/mol. The van der Waals surface area contributed by atoms with Crippen molar-refractivity contribution in [3.05, 3.63) is 53.1 Å². The normalized spacial score (nSPS) is 15.6. The number of hydrogen-bond donors (Lipinski definition) is 1. The number of nitriles is 1. The van der Waals surface area contributed by atoms with Gasteiger partial charge in [0.05, 0.1) is 11.6 Å². The molecule has 0 spiro atoms. The third-order valence-electron chi connectivity index (χ3n) is 4.25. The number of alkyl carbamates (subject to hydrolysis) is 1. The molecule has 1 N–H and O–H groups in total. The van der Waals surface area contributed by atoms with Crippen molar-refractivity contribution in [2.24, 2.45) is 0 Å². The SMILES string of the molecule is CCc1cc(Oc2ccc(C#N)cc2OC(F)F)ccc1CC1OC(=O)NC1=O. The molecule has 1 atom stereocenters. The van der Waals surface area contributed by atoms with Crippen LogP contribution in [-0.2, 0) is 22.4 Å². The van der Waals surface area contributed by atoms with Crippen molar-refractivity contribution in [2.45, 2.75) is 32.5 Å². The van der Waals surface area contributed by atoms with Crippen molar-refractivity contribution in [1.82, 2.24) is 5.32 Å². The summed E-state index contributed by atoms with van der Waals surface area (Å²) in [6.07, 6.45) is -0.866. The largest absolute Gasteiger partial charge is 0.453 e. The van der Waals surface area contributed by atoms with E-state index in [1.807, 2.05) is 13.0 Å². The smallest absolute Gasteiger partial charge is 0.414 e. The summed E-state index contributed by atoms with van der Waals surface area (Å²) < 4.78 is 40.4. The van der Waals surface area contributed by atoms with Gasteiger partial charge in [0, 0.05) is 12.5 Å². The number of rotatable bonds is 7. The van der Waals surface area contributed by atoms with Gasteiger partial charge in [0.25, 0.3) is 5.91 Å². The molecule has 0 bridgehead atoms. The van der Waals surface area contributed by atoms with Crippen molar-refractivity contribution >= 4 is 12.0 Å². The number of imide groups is 1. The zero-order valence-corrected chi connectivity index (χ0v) is 15.3. The number of halogens is 2. The second-order valence-corrected chi connectivity index (χ2v) is 6.13. The third-order valence-corrected chi connectivity index (χ3v) is 4.25. The summed E-state index contributed by atoms with van der Waals surface area (Å²) in [7, 11) is 0. The lowest BCUT2D eigenvalue weighted by Crippen LogP contribution is -2.26. The summed E-state index contributed by atoms with van der Waals surface area (Å²) in [5, 5.41) is 11.0. The summed E-state index contributed by atoms with van der Waals surface area (Å²) in [6.45, 7) is -1.17. The van der Waals surface area contributed by atoms with Crippen molar-refractivity contribution in [1.29, 1.82) is 5.26 Å². The molecule has 0 aromatic heterocycles. The number of nitrogens with one attached hydrogen (secondary N) is 1. The molecule has 3 rings (SSSR count). The number of ether oxygens (including phenoxy) is 3. The minimum Gasteiger partial charge on any atom is -0.453 e. The third kappa shape index (κ3) is 4.79. The van der Waals surface area contributed by atoms with E-state index in [1.165, 1.54) is 18.2 Å². The van der Waals surface area contributed by atoms with Gasteiger partial charge in [-0.05, 0) is 41.8 Å². The summed E-state index contributed by atoms with van der Waals surface area (Å²) in [5.41, 5.74) is 1.78. The van der Waals surface area contributed by atoms with Crippen LogP contribution in [0.25, 0.3) is 0 Å². The van der Waals surface area contributed by atoms with E-state index in [4.69, 9.17) is 14.7 Å². The Balaban J connectivity index is 1.83. The number of aryl methyl sites for hydroxylation is 1. The maximum atomic E-state index is 12.7. The summed E-state index contributed by atoms with van der Waals surface area (Å²) in [6, 6.07) is 10.8. The van der Waals surface area contributed by atoms with E-state index in [0.29, 0.717) is 12.2 Å². The first-order chi connectivity index (χ1) is 13.9. The molecule has 0 radical (unpaired) electrons. The molecule has 0 aliphatic carbocycles. The van der Waals surface area contributed by atoms with Gasteiger partial charge in [0.2, 0.25) is 0 Å². The molecular weight excluding hydrogens is 386 g/mol. The van der Waals surface area contributed by atoms with Gasteiger partial charge in [-0.15, -0.1) is 0 Å². The van der Waals surface area contributed by atoms with E-state index in [0.717, 1.165) is 11.1 Å². The minimum atomic E-state index is -3.07. The van der Waals surface area contributed by atoms with Gasteiger partial charge in [-0.3, -0.25) is 10.1 Å². The summed E-state index contributed by atoms with van der Waals surface area (Å²) in [4.78, 5) is 22.9. The van der Waals surface area contributed by atoms with Crippen LogP contribution in [0.2, 0.25) is 0 Å². The van der Waals surface area contributed by atoms with E-state index in [2.05, 4.69) is 10.1 Å². The van der Waals surface area contributed by atoms with Crippen molar-refractivity contribution < 1.29 is 32.6 Å². The molecule has 2 amide bonds. The van der Waals surface area contributed by atoms with E-state index < -0.39 is 24.7 Å². The number of cyclic esters (lactones) is 1. The van der Waals surface area contributed by atoms with Gasteiger partial charge in [-0.1, -0.05) is 13.0 Å². The lowest BCUT2D eigenvalue weighted by molar-refractivity contribution is -0.123. The molecule has 2 aromatic carbocycles. The first-order valence-electron chi connectivity index (χ1n) is 8.69. The Kier molecular flexibility index (Phi) is 5.93. The molecule has 2 aromatic rings. The van der Waals surface area contributed by atoms with Gasteiger partial charge in [0.15, 0.2) is 17.6 Å². The quantitative estimate of drug-likeness (QED) is 0.759. The Morgan fingerprint density at radius 2 is 1.97 bits per heavy atom. The van der Waals surface area contributed by atoms with Crippen LogP contribution in [0.15, 0.2) is 36.4 Å². The van der Waals surface area contributed by atoms with Crippen LogP contribution >= 0.6 is 0 Å². The molecule has 9 heteroatoms. The minimum absolute atomic E-state index is 0.0307. The highest BCUT2D eigenvalue weighted by molar-refractivity contribution is 6.00. The Labute approximate surface area is 164 Å². The zero-order chi connectivity index (χ0) is 21.0. The number of nitrogens with zero attached hydrogens (tertiary/aromatic N) is 1. The molecule has 1 saturated heterocycles. The van der Waals surface area contributed by atoms with Gasteiger partial charge >= 0.3 is 12.7 Å². The number of alkyl halides is 2. The number of hydrogen-bond acceptors (Lipinski definition) is 6. The zero-order valence-electron chi connectivity index (χ0n) is 15.3. The molecule has 150 valence electrons. The Morgan fingerprint density at radius 3 is 2.59 bits per heavy atom. The monoisotopic (exact) mass is 402 g/mol. The van der Waals surface area contributed by atoms with Crippen LogP contribution < -0.4 is 14.8 Å². The highest BCUT2D eigenvalue weighted by atomic mass is 19.3. The first-order valence-corrected chi connectivity index (χ1v) is 8.69. The standard InChI is InChI=1S/C20H16F2N2O5/c1-2-12-8-14(5-4-13(12)9-17-18(25)24-20(26)29-17)27-15-6-3-11(10-23)7-16(15)28-19(21)22/h3-8,17,19H,2,9H2,1H3,(H,24,25,26). The van der Waals surface area contributed by atoms with E-state index >= 15 is 0 Å². The maximum absolute atomic E-state index is 12.7. The van der Waals surface area contributed by atoms with E-state index in [1.54, 1.807) is 18.2 Å². The van der Waals surface area contributed by atoms with Gasteiger partial charge in [-0.2, -0.15) is 14.0 Å². The van der Waals surface area contributed by atoms with E-state index in [-0.39, 0.29) is 23.5 Å². The second-order valence-electron chi connectivity index (χ2n) is 6.13. The predicted octanol–water partition coefficient (Wildman–Crippen LogP) is 3.69. The lowest BCUT2D eigenvalue weighted by atomic mass is 9.99. The number of benzene rings is 2. The molecule has 0 saturated carbocycles. The Morgan fingerprint density at radius 1 is 1.17 bits per heavy atom. The molecule has 7 nitrogen and oxygen atoms in total. The highest BCUT2D eigenvalue weighted by Crippen LogP contribution is 2.34. The summed E-state index contributed by atoms with van der Waals surface area (Å²) in [5.74, 6) is -0.357. The molecule has 29 heavy (non-hydrogen) atoms. The molecule has 1 aliphatic heterocycles. The van der Waals surface area contributed by atoms with Gasteiger partial charge < -0.3 is 14.2 Å². The molecule has 1 aliphatic rings. The number of carbonyl (C=O) groups is 2. The van der Waals surface area contributed by atoms with E-state index in [9.17, 15) is 18.4 Å². The fourth-order valence-corrected chi connectivity index (χ4v) is 2.90. The fraction of sp³-hybridized carbons (Fsp3) is 0.250. The van der Waals surface area contributed by atoms with Crippen LogP contribution in [-0.4, -0.2) is 24.7 Å². The first kappa shape index (κ1) is 20.1. The number of amides is 2. The molecule has 1 unspecified atom stereocenters. The van der Waals surface area contributed by atoms with Crippen LogP contribution in [0.4, 0.5) is 13.6 Å². The Hall–Kier alpha value is -3.67. The fourth-order valence-electron chi connectivity index (χ4n) is 2.90. The van der Waals surface area contributed by atoms with Crippen LogP contribution in [0.5, 0.6) is 17.2 Å². The van der Waals surface area contributed by atoms with Crippen molar-refractivity contribution in [2.75, 3.05) is 0 Å². The van der Waals surface area contributed by atoms with Crippen molar-refractivity contribution in [3.8, 4) is 23.3 Å². The topological polar surface area (TPSA) is 97.7 Å². The Bertz CT molecular complexity index is 987. The molecular formula is C20H16F2N2O5. The predicted molar refractivity (Wildman–Crippen MR) is 95.8 cm³/mol. The lowest BCUT2D eigenvalue weighted by Gasteiger charge is -2.15. The maximum Gasteiger partial charge on any atom is 0.414 e. The van der Waals surface area contributed by atoms with Gasteiger partial charge in [-0.25, -0.2) is 4.79 Å². The molecule has 1 fully saturated rings. The van der Waals surface area contributed by atoms with Crippen molar-refractivity contribution in [3.63, 3.8) is 0 Å². The van der Waals surface area contributed by atoms with Crippen LogP contribution in [0, 0.1) is 11.3 Å². The summed E-state index contributed by atoms with van der Waals surface area (Å²) >= 11 is 0. The number of carbonyl (C=O) groups excluding carboxylic acids is 2. The van der Waals surface area contributed by atoms with Crippen LogP contribution in [0.1, 0.15) is 23.6 Å². The van der Waals surface area contributed by atoms with Crippen LogP contribution in [0.3, 0.4) is 0 Å². The van der Waals surface area contributed by atoms with Gasteiger partial charge in [0.1, 0.15) is 5.75 Å². The highest BCUT2D eigenvalue weighted by Gasteiger charge is 2.32. The average Bonchev–Trinajstić information content (AvgIpc) is 3.00.